The van der Waals surface area contributed by atoms with E-state index in [9.17, 15) is 0 Å². The Morgan fingerprint density at radius 2 is 2.14 bits per heavy atom. The first-order valence-corrected chi connectivity index (χ1v) is 7.56. The molecule has 0 aliphatic heterocycles. The lowest BCUT2D eigenvalue weighted by atomic mass is 10.2. The van der Waals surface area contributed by atoms with Gasteiger partial charge in [0, 0.05) is 6.07 Å². The summed E-state index contributed by atoms with van der Waals surface area (Å²) >= 11 is 0. The first-order chi connectivity index (χ1) is 10.2. The Morgan fingerprint density at radius 3 is 2.86 bits per heavy atom. The molecule has 0 radical (unpaired) electrons. The Labute approximate surface area is 126 Å². The number of nitrogens with zero attached hydrogens (tertiary/aromatic N) is 3. The van der Waals surface area contributed by atoms with Gasteiger partial charge in [-0.1, -0.05) is 18.2 Å². The van der Waals surface area contributed by atoms with E-state index in [1.807, 2.05) is 42.8 Å². The van der Waals surface area contributed by atoms with Crippen LogP contribution in [0.2, 0.25) is 0 Å². The summed E-state index contributed by atoms with van der Waals surface area (Å²) in [6.45, 7) is 9.94. The highest BCUT2D eigenvalue weighted by atomic mass is 16.5. The van der Waals surface area contributed by atoms with Crippen LogP contribution in [0.1, 0.15) is 44.6 Å². The molecule has 0 bridgehead atoms. The fraction of sp³-hybridized carbons (Fsp3) is 0.500. The first kappa shape index (κ1) is 15.5. The van der Waals surface area contributed by atoms with Crippen LogP contribution >= 0.6 is 0 Å². The van der Waals surface area contributed by atoms with Crippen molar-refractivity contribution in [3.8, 4) is 11.4 Å². The zero-order valence-electron chi connectivity index (χ0n) is 13.3. The molecule has 0 saturated heterocycles. The largest absolute Gasteiger partial charge is 0.494 e. The van der Waals surface area contributed by atoms with Crippen LogP contribution in [0.5, 0.6) is 5.75 Å². The minimum Gasteiger partial charge on any atom is -0.494 e. The Morgan fingerprint density at radius 1 is 1.33 bits per heavy atom. The van der Waals surface area contributed by atoms with Crippen LogP contribution in [-0.2, 0) is 0 Å². The molecule has 5 nitrogen and oxygen atoms in total. The predicted octanol–water partition coefficient (Wildman–Crippen LogP) is 3.04. The molecule has 1 atom stereocenters. The molecular weight excluding hydrogens is 264 g/mol. The van der Waals surface area contributed by atoms with Crippen LogP contribution in [0.4, 0.5) is 0 Å². The van der Waals surface area contributed by atoms with Gasteiger partial charge in [0.1, 0.15) is 11.4 Å². The summed E-state index contributed by atoms with van der Waals surface area (Å²) in [4.78, 5) is 0. The molecule has 0 fully saturated rings. The van der Waals surface area contributed by atoms with E-state index in [4.69, 9.17) is 4.74 Å². The third-order valence-electron chi connectivity index (χ3n) is 3.41. The van der Waals surface area contributed by atoms with Gasteiger partial charge in [0.05, 0.1) is 24.0 Å². The van der Waals surface area contributed by atoms with Gasteiger partial charge in [-0.25, -0.2) is 4.68 Å². The smallest absolute Gasteiger partial charge is 0.121 e. The normalized spacial score (nSPS) is 12.4. The predicted molar refractivity (Wildman–Crippen MR) is 84.0 cm³/mol. The first-order valence-electron chi connectivity index (χ1n) is 7.56. The molecule has 2 aromatic rings. The Balaban J connectivity index is 2.25. The zero-order valence-corrected chi connectivity index (χ0v) is 13.3. The van der Waals surface area contributed by atoms with Gasteiger partial charge < -0.3 is 10.1 Å². The standard InChI is InChI=1S/C16H24N4O/c1-5-10-17-12(3)16-13(4)20(19-18-16)14-8-7-9-15(11-14)21-6-2/h7-9,11-12,17H,5-6,10H2,1-4H3. The summed E-state index contributed by atoms with van der Waals surface area (Å²) in [6.07, 6.45) is 1.11. The van der Waals surface area contributed by atoms with E-state index >= 15 is 0 Å². The van der Waals surface area contributed by atoms with E-state index in [0.29, 0.717) is 6.61 Å². The summed E-state index contributed by atoms with van der Waals surface area (Å²) in [7, 11) is 0. The molecule has 0 aliphatic rings. The molecule has 1 aromatic carbocycles. The topological polar surface area (TPSA) is 52.0 Å². The van der Waals surface area contributed by atoms with Crippen molar-refractivity contribution in [2.45, 2.75) is 40.2 Å². The van der Waals surface area contributed by atoms with E-state index in [0.717, 1.165) is 35.8 Å². The van der Waals surface area contributed by atoms with Gasteiger partial charge in [0.25, 0.3) is 0 Å². The second-order valence-corrected chi connectivity index (χ2v) is 5.08. The molecule has 1 heterocycles. The van der Waals surface area contributed by atoms with Crippen molar-refractivity contribution in [3.05, 3.63) is 35.7 Å². The fourth-order valence-electron chi connectivity index (χ4n) is 2.32. The van der Waals surface area contributed by atoms with Crippen LogP contribution in [0.15, 0.2) is 24.3 Å². The molecule has 2 rings (SSSR count). The van der Waals surface area contributed by atoms with E-state index < -0.39 is 0 Å². The molecule has 0 aliphatic carbocycles. The number of ether oxygens (including phenoxy) is 1. The molecule has 0 saturated carbocycles. The Kier molecular flexibility index (Phi) is 5.33. The van der Waals surface area contributed by atoms with Gasteiger partial charge in [-0.3, -0.25) is 0 Å². The van der Waals surface area contributed by atoms with Gasteiger partial charge >= 0.3 is 0 Å². The van der Waals surface area contributed by atoms with E-state index in [1.54, 1.807) is 0 Å². The second kappa shape index (κ2) is 7.22. The Hall–Kier alpha value is -1.88. The summed E-state index contributed by atoms with van der Waals surface area (Å²) in [5, 5.41) is 12.1. The van der Waals surface area contributed by atoms with Gasteiger partial charge in [-0.2, -0.15) is 0 Å². The van der Waals surface area contributed by atoms with Crippen LogP contribution in [0.3, 0.4) is 0 Å². The van der Waals surface area contributed by atoms with Gasteiger partial charge in [-0.05, 0) is 45.9 Å². The summed E-state index contributed by atoms with van der Waals surface area (Å²) in [5.41, 5.74) is 3.02. The molecular formula is C16H24N4O. The molecule has 5 heteroatoms. The van der Waals surface area contributed by atoms with Gasteiger partial charge in [-0.15, -0.1) is 5.10 Å². The molecule has 0 spiro atoms. The maximum atomic E-state index is 5.54. The lowest BCUT2D eigenvalue weighted by Gasteiger charge is -2.12. The molecule has 114 valence electrons. The van der Waals surface area contributed by atoms with Gasteiger partial charge in [0.2, 0.25) is 0 Å². The molecule has 1 N–H and O–H groups in total. The lowest BCUT2D eigenvalue weighted by Crippen LogP contribution is -2.20. The highest BCUT2D eigenvalue weighted by Gasteiger charge is 2.15. The summed E-state index contributed by atoms with van der Waals surface area (Å²) in [5.74, 6) is 0.851. The third-order valence-corrected chi connectivity index (χ3v) is 3.41. The van der Waals surface area contributed by atoms with Crippen LogP contribution in [0, 0.1) is 6.92 Å². The van der Waals surface area contributed by atoms with Crippen molar-refractivity contribution < 1.29 is 4.74 Å². The minimum absolute atomic E-state index is 0.203. The van der Waals surface area contributed by atoms with Crippen LogP contribution in [0.25, 0.3) is 5.69 Å². The van der Waals surface area contributed by atoms with Crippen molar-refractivity contribution in [2.24, 2.45) is 0 Å². The maximum Gasteiger partial charge on any atom is 0.121 e. The van der Waals surface area contributed by atoms with Crippen molar-refractivity contribution in [1.29, 1.82) is 0 Å². The van der Waals surface area contributed by atoms with Crippen molar-refractivity contribution >= 4 is 0 Å². The fourth-order valence-corrected chi connectivity index (χ4v) is 2.32. The summed E-state index contributed by atoms with van der Waals surface area (Å²) in [6, 6.07) is 8.12. The SMILES string of the molecule is CCCNC(C)c1nnn(-c2cccc(OCC)c2)c1C. The number of aromatic nitrogens is 3. The second-order valence-electron chi connectivity index (χ2n) is 5.08. The average molecular weight is 288 g/mol. The number of rotatable bonds is 7. The lowest BCUT2D eigenvalue weighted by molar-refractivity contribution is 0.340. The number of nitrogens with one attached hydrogen (secondary N) is 1. The quantitative estimate of drug-likeness (QED) is 0.851. The average Bonchev–Trinajstić information content (AvgIpc) is 2.87. The van der Waals surface area contributed by atoms with E-state index in [2.05, 4.69) is 29.5 Å². The molecule has 21 heavy (non-hydrogen) atoms. The minimum atomic E-state index is 0.203. The Bertz CT molecular complexity index is 579. The zero-order chi connectivity index (χ0) is 15.2. The van der Waals surface area contributed by atoms with Crippen molar-refractivity contribution in [3.63, 3.8) is 0 Å². The molecule has 1 aromatic heterocycles. The molecule has 0 amide bonds. The van der Waals surface area contributed by atoms with Crippen LogP contribution in [-0.4, -0.2) is 28.1 Å². The highest BCUT2D eigenvalue weighted by Crippen LogP contribution is 2.21. The van der Waals surface area contributed by atoms with Crippen molar-refractivity contribution in [1.82, 2.24) is 20.3 Å². The number of hydrogen-bond acceptors (Lipinski definition) is 4. The third kappa shape index (κ3) is 3.61. The number of benzene rings is 1. The molecule has 1 unspecified atom stereocenters. The van der Waals surface area contributed by atoms with E-state index in [1.165, 1.54) is 0 Å². The van der Waals surface area contributed by atoms with Gasteiger partial charge in [0.15, 0.2) is 0 Å². The summed E-state index contributed by atoms with van der Waals surface area (Å²) < 4.78 is 7.40. The number of hydrogen-bond donors (Lipinski definition) is 1. The van der Waals surface area contributed by atoms with E-state index in [-0.39, 0.29) is 6.04 Å². The highest BCUT2D eigenvalue weighted by molar-refractivity contribution is 5.40. The van der Waals surface area contributed by atoms with Crippen LogP contribution < -0.4 is 10.1 Å². The maximum absolute atomic E-state index is 5.54. The van der Waals surface area contributed by atoms with Crippen molar-refractivity contribution in [2.75, 3.05) is 13.2 Å². The monoisotopic (exact) mass is 288 g/mol.